The van der Waals surface area contributed by atoms with Gasteiger partial charge < -0.3 is 22.7 Å². The van der Waals surface area contributed by atoms with Gasteiger partial charge in [-0.05, 0) is 27.8 Å². The highest BCUT2D eigenvalue weighted by molar-refractivity contribution is 5.90. The molecule has 2 N–H and O–H groups in total. The molecule has 5 rings (SSSR count). The minimum atomic E-state index is -0.905. The Morgan fingerprint density at radius 3 is 1.79 bits per heavy atom. The monoisotopic (exact) mass is 565 g/mol. The topological polar surface area (TPSA) is 51.9 Å². The van der Waals surface area contributed by atoms with Gasteiger partial charge in [0.25, 0.3) is 5.82 Å². The van der Waals surface area contributed by atoms with Crippen molar-refractivity contribution in [2.75, 3.05) is 0 Å². The molecular formula is C33H32BrN3O. The lowest BCUT2D eigenvalue weighted by molar-refractivity contribution is -0.694. The molecule has 5 aromatic rings. The summed E-state index contributed by atoms with van der Waals surface area (Å²) < 4.78 is 4.45. The van der Waals surface area contributed by atoms with E-state index in [9.17, 15) is 4.79 Å². The van der Waals surface area contributed by atoms with Gasteiger partial charge in [0, 0.05) is 13.3 Å². The minimum absolute atomic E-state index is 0. The molecule has 4 aromatic carbocycles. The van der Waals surface area contributed by atoms with E-state index < -0.39 is 5.41 Å². The molecule has 0 saturated carbocycles. The Morgan fingerprint density at radius 2 is 1.26 bits per heavy atom. The molecule has 0 unspecified atom stereocenters. The highest BCUT2D eigenvalue weighted by Crippen LogP contribution is 2.36. The van der Waals surface area contributed by atoms with Crippen LogP contribution in [-0.2, 0) is 23.3 Å². The number of aromatic nitrogens is 2. The van der Waals surface area contributed by atoms with Gasteiger partial charge in [0.15, 0.2) is 0 Å². The van der Waals surface area contributed by atoms with E-state index in [0.29, 0.717) is 13.0 Å². The van der Waals surface area contributed by atoms with Crippen molar-refractivity contribution >= 4 is 5.91 Å². The lowest BCUT2D eigenvalue weighted by Gasteiger charge is -2.31. The molecule has 0 aliphatic carbocycles. The molecule has 0 radical (unpaired) electrons. The second-order valence-electron chi connectivity index (χ2n) is 9.48. The number of nitrogens with two attached hydrogens (primary N) is 1. The minimum Gasteiger partial charge on any atom is -1.00 e. The van der Waals surface area contributed by atoms with Crippen molar-refractivity contribution in [1.29, 1.82) is 0 Å². The van der Waals surface area contributed by atoms with Crippen molar-refractivity contribution in [2.45, 2.75) is 31.8 Å². The maximum absolute atomic E-state index is 13.1. The van der Waals surface area contributed by atoms with Crippen LogP contribution in [0.25, 0.3) is 11.1 Å². The fraction of sp³-hybridized carbons (Fsp3) is 0.152. The summed E-state index contributed by atoms with van der Waals surface area (Å²) in [6, 6.07) is 39.0. The number of primary amides is 1. The lowest BCUT2D eigenvalue weighted by atomic mass is 9.71. The second-order valence-corrected chi connectivity index (χ2v) is 9.48. The Balaban J connectivity index is 0.00000336. The average molecular weight is 567 g/mol. The van der Waals surface area contributed by atoms with Gasteiger partial charge in [0.2, 0.25) is 5.91 Å². The molecular weight excluding hydrogens is 534 g/mol. The molecule has 1 aromatic heterocycles. The first-order valence-electron chi connectivity index (χ1n) is 12.7. The van der Waals surface area contributed by atoms with E-state index in [1.807, 2.05) is 66.7 Å². The third-order valence-electron chi connectivity index (χ3n) is 7.35. The van der Waals surface area contributed by atoms with Gasteiger partial charge in [-0.3, -0.25) is 4.79 Å². The molecule has 1 heterocycles. The van der Waals surface area contributed by atoms with Gasteiger partial charge in [-0.2, -0.15) is 0 Å². The molecule has 192 valence electrons. The molecule has 38 heavy (non-hydrogen) atoms. The molecule has 4 nitrogen and oxygen atoms in total. The number of hydrogen-bond acceptors (Lipinski definition) is 1. The molecule has 0 atom stereocenters. The van der Waals surface area contributed by atoms with E-state index in [-0.39, 0.29) is 22.9 Å². The number of hydrogen-bond donors (Lipinski definition) is 1. The maximum Gasteiger partial charge on any atom is 0.253 e. The van der Waals surface area contributed by atoms with E-state index >= 15 is 0 Å². The smallest absolute Gasteiger partial charge is 0.253 e. The zero-order valence-corrected chi connectivity index (χ0v) is 23.1. The van der Waals surface area contributed by atoms with Crippen LogP contribution >= 0.6 is 0 Å². The number of halogens is 1. The Morgan fingerprint density at radius 1 is 0.763 bits per heavy atom. The normalized spacial score (nSPS) is 11.1. The number of carbonyl (C=O) groups is 1. The Labute approximate surface area is 235 Å². The summed E-state index contributed by atoms with van der Waals surface area (Å²) in [4.78, 5) is 13.1. The van der Waals surface area contributed by atoms with Gasteiger partial charge in [-0.25, -0.2) is 9.13 Å². The van der Waals surface area contributed by atoms with E-state index in [0.717, 1.165) is 23.5 Å². The number of benzene rings is 4. The van der Waals surface area contributed by atoms with Gasteiger partial charge in [-0.15, -0.1) is 0 Å². The first-order chi connectivity index (χ1) is 18.1. The van der Waals surface area contributed by atoms with Crippen molar-refractivity contribution in [3.8, 4) is 11.1 Å². The van der Waals surface area contributed by atoms with Gasteiger partial charge >= 0.3 is 0 Å². The first-order valence-corrected chi connectivity index (χ1v) is 12.7. The fourth-order valence-corrected chi connectivity index (χ4v) is 5.17. The highest BCUT2D eigenvalue weighted by atomic mass is 79.9. The number of nitrogens with zero attached hydrogens (tertiary/aromatic N) is 2. The van der Waals surface area contributed by atoms with Crippen molar-refractivity contribution < 1.29 is 26.3 Å². The van der Waals surface area contributed by atoms with Crippen molar-refractivity contribution in [3.05, 3.63) is 150 Å². The number of rotatable bonds is 9. The van der Waals surface area contributed by atoms with Crippen LogP contribution in [0.3, 0.4) is 0 Å². The Hall–Kier alpha value is -3.96. The van der Waals surface area contributed by atoms with Crippen LogP contribution < -0.4 is 27.3 Å². The van der Waals surface area contributed by atoms with E-state index in [2.05, 4.69) is 77.0 Å². The third kappa shape index (κ3) is 5.48. The first kappa shape index (κ1) is 27.1. The van der Waals surface area contributed by atoms with Crippen molar-refractivity contribution in [1.82, 2.24) is 4.57 Å². The summed E-state index contributed by atoms with van der Waals surface area (Å²) in [6.45, 7) is 3.57. The van der Waals surface area contributed by atoms with Gasteiger partial charge in [0.1, 0.15) is 24.4 Å². The zero-order valence-electron chi connectivity index (χ0n) is 21.5. The molecule has 5 heteroatoms. The molecule has 0 spiro atoms. The highest BCUT2D eigenvalue weighted by Gasteiger charge is 2.40. The largest absolute Gasteiger partial charge is 1.00 e. The Kier molecular flexibility index (Phi) is 8.59. The fourth-order valence-electron chi connectivity index (χ4n) is 5.17. The van der Waals surface area contributed by atoms with Crippen molar-refractivity contribution in [2.24, 2.45) is 5.73 Å². The summed E-state index contributed by atoms with van der Waals surface area (Å²) in [5.41, 5.74) is 10.8. The molecule has 1 amide bonds. The Bertz CT molecular complexity index is 1420. The predicted molar refractivity (Wildman–Crippen MR) is 148 cm³/mol. The van der Waals surface area contributed by atoms with E-state index in [4.69, 9.17) is 5.73 Å². The standard InChI is InChI=1S/C33H31N3O.BrH/c1-26-35(23-24-36(26)25-27-17-19-29(20-18-27)28-11-5-2-6-12-28)22-21-33(32(34)37,30-13-7-3-8-14-30)31-15-9-4-10-16-31;/h2-20,23-24H,21-22,25H2,1H3,(H-,34,37);1H. The summed E-state index contributed by atoms with van der Waals surface area (Å²) in [5, 5.41) is 0. The van der Waals surface area contributed by atoms with Gasteiger partial charge in [0.05, 0.1) is 6.54 Å². The van der Waals surface area contributed by atoms with Crippen LogP contribution in [0.5, 0.6) is 0 Å². The van der Waals surface area contributed by atoms with Crippen LogP contribution in [0.15, 0.2) is 128 Å². The third-order valence-corrected chi connectivity index (χ3v) is 7.35. The SMILES string of the molecule is Cc1n(CCC(C(N)=O)(c2ccccc2)c2ccccc2)cc[n+]1Cc1ccc(-c2ccccc2)cc1.[Br-]. The summed E-state index contributed by atoms with van der Waals surface area (Å²) in [6.07, 6.45) is 4.77. The zero-order chi connectivity index (χ0) is 25.7. The lowest BCUT2D eigenvalue weighted by Crippen LogP contribution is -3.00. The van der Waals surface area contributed by atoms with Crippen LogP contribution in [0.1, 0.15) is 28.9 Å². The van der Waals surface area contributed by atoms with Gasteiger partial charge in [-0.1, -0.05) is 115 Å². The molecule has 0 fully saturated rings. The average Bonchev–Trinajstić information content (AvgIpc) is 3.29. The summed E-state index contributed by atoms with van der Waals surface area (Å²) in [5.74, 6) is 0.799. The van der Waals surface area contributed by atoms with Crippen LogP contribution in [0.4, 0.5) is 0 Å². The van der Waals surface area contributed by atoms with Crippen molar-refractivity contribution in [3.63, 3.8) is 0 Å². The summed E-state index contributed by atoms with van der Waals surface area (Å²) in [7, 11) is 0. The number of aryl methyl sites for hydroxylation is 1. The van der Waals surface area contributed by atoms with Crippen LogP contribution in [0.2, 0.25) is 0 Å². The maximum atomic E-state index is 13.1. The number of imidazole rings is 1. The van der Waals surface area contributed by atoms with E-state index in [1.165, 1.54) is 16.7 Å². The summed E-state index contributed by atoms with van der Waals surface area (Å²) >= 11 is 0. The number of amides is 1. The second kappa shape index (κ2) is 12.1. The molecule has 0 bridgehead atoms. The van der Waals surface area contributed by atoms with Crippen LogP contribution in [-0.4, -0.2) is 10.5 Å². The molecule has 0 saturated heterocycles. The molecule has 0 aliphatic heterocycles. The molecule has 0 aliphatic rings. The quantitative estimate of drug-likeness (QED) is 0.274. The predicted octanol–water partition coefficient (Wildman–Crippen LogP) is 2.67. The van der Waals surface area contributed by atoms with E-state index in [1.54, 1.807) is 0 Å². The number of carbonyl (C=O) groups excluding carboxylic acids is 1. The van der Waals surface area contributed by atoms with Crippen LogP contribution in [0, 0.1) is 6.92 Å².